The predicted octanol–water partition coefficient (Wildman–Crippen LogP) is 10.7. The normalized spacial score (nSPS) is 43.4. The van der Waals surface area contributed by atoms with Crippen LogP contribution < -0.4 is 5.32 Å². The second-order valence-corrected chi connectivity index (χ2v) is 22.7. The minimum Gasteiger partial charge on any atom is -0.393 e. The van der Waals surface area contributed by atoms with Crippen LogP contribution in [-0.2, 0) is 0 Å². The lowest BCUT2D eigenvalue weighted by Gasteiger charge is -2.71. The van der Waals surface area contributed by atoms with Crippen molar-refractivity contribution in [1.29, 1.82) is 0 Å². The second kappa shape index (κ2) is 12.9. The summed E-state index contributed by atoms with van der Waals surface area (Å²) in [7, 11) is 0. The number of carbonyl (C=O) groups is 2. The molecule has 6 nitrogen and oxygen atoms in total. The molecule has 58 heavy (non-hydrogen) atoms. The molecule has 9 unspecified atom stereocenters. The van der Waals surface area contributed by atoms with E-state index in [1.807, 2.05) is 30.3 Å². The van der Waals surface area contributed by atoms with Crippen molar-refractivity contribution in [3.8, 4) is 0 Å². The first-order valence-corrected chi connectivity index (χ1v) is 23.6. The molecule has 2 aromatic carbocycles. The first kappa shape index (κ1) is 37.7. The van der Waals surface area contributed by atoms with Gasteiger partial charge in [-0.15, -0.1) is 11.3 Å². The van der Waals surface area contributed by atoms with Gasteiger partial charge in [-0.3, -0.25) is 4.79 Å². The number of ketones is 1. The lowest BCUT2D eigenvalue weighted by Crippen LogP contribution is -2.67. The van der Waals surface area contributed by atoms with E-state index in [4.69, 9.17) is 0 Å². The summed E-state index contributed by atoms with van der Waals surface area (Å²) in [5.41, 5.74) is -0.508. The van der Waals surface area contributed by atoms with Gasteiger partial charge < -0.3 is 20.4 Å². The van der Waals surface area contributed by atoms with Crippen molar-refractivity contribution >= 4 is 33.2 Å². The first-order chi connectivity index (χ1) is 27.8. The van der Waals surface area contributed by atoms with Gasteiger partial charge in [0, 0.05) is 33.1 Å². The molecule has 0 saturated heterocycles. The van der Waals surface area contributed by atoms with E-state index in [1.54, 1.807) is 11.3 Å². The Bertz CT molecular complexity index is 2160. The van der Waals surface area contributed by atoms with Crippen molar-refractivity contribution in [3.63, 3.8) is 0 Å². The van der Waals surface area contributed by atoms with Gasteiger partial charge in [0.15, 0.2) is 5.78 Å². The Hall–Kier alpha value is -3.26. The Labute approximate surface area is 348 Å². The molecular weight excluding hydrogens is 737 g/mol. The van der Waals surface area contributed by atoms with Crippen LogP contribution in [0.3, 0.4) is 0 Å². The number of urea groups is 1. The van der Waals surface area contributed by atoms with E-state index in [0.29, 0.717) is 25.9 Å². The Kier molecular flexibility index (Phi) is 8.37. The number of allylic oxidation sites excluding steroid dienone is 4. The number of amides is 2. The highest BCUT2D eigenvalue weighted by atomic mass is 32.1. The number of nitrogens with zero attached hydrogens (tertiary/aromatic N) is 1. The summed E-state index contributed by atoms with van der Waals surface area (Å²) in [6, 6.07) is 20.4. The molecule has 13 rings (SSSR count). The second-order valence-electron chi connectivity index (χ2n) is 21.6. The average Bonchev–Trinajstić information content (AvgIpc) is 3.75. The van der Waals surface area contributed by atoms with Gasteiger partial charge in [0.2, 0.25) is 0 Å². The molecule has 1 aromatic heterocycles. The zero-order valence-electron chi connectivity index (χ0n) is 34.7. The average molecular weight is 799 g/mol. The number of benzene rings is 2. The van der Waals surface area contributed by atoms with Gasteiger partial charge in [-0.1, -0.05) is 80.6 Å². The van der Waals surface area contributed by atoms with Crippen LogP contribution in [0.4, 0.5) is 4.79 Å². The number of carbonyl (C=O) groups excluding carboxylic acids is 2. The summed E-state index contributed by atoms with van der Waals surface area (Å²) in [6.45, 7) is 7.87. The van der Waals surface area contributed by atoms with Crippen LogP contribution in [0.2, 0.25) is 0 Å². The smallest absolute Gasteiger partial charge is 0.317 e. The lowest BCUT2D eigenvalue weighted by molar-refractivity contribution is -0.176. The number of thiophene rings is 1. The van der Waals surface area contributed by atoms with E-state index in [0.717, 1.165) is 76.0 Å². The molecule has 0 radical (unpaired) electrons. The van der Waals surface area contributed by atoms with Crippen LogP contribution in [0.5, 0.6) is 0 Å². The van der Waals surface area contributed by atoms with Crippen molar-refractivity contribution in [3.05, 3.63) is 94.9 Å². The molecule has 7 fully saturated rings. The minimum absolute atomic E-state index is 0.0410. The van der Waals surface area contributed by atoms with E-state index < -0.39 is 16.4 Å². The Balaban J connectivity index is 0.970. The zero-order chi connectivity index (χ0) is 39.9. The van der Waals surface area contributed by atoms with Gasteiger partial charge >= 0.3 is 6.03 Å². The number of aliphatic hydroxyl groups excluding tert-OH is 1. The van der Waals surface area contributed by atoms with Gasteiger partial charge in [0.1, 0.15) is 0 Å². The van der Waals surface area contributed by atoms with Gasteiger partial charge in [-0.2, -0.15) is 0 Å². The quantitative estimate of drug-likeness (QED) is 0.156. The maximum Gasteiger partial charge on any atom is 0.317 e. The molecule has 7 heteroatoms. The largest absolute Gasteiger partial charge is 0.393 e. The van der Waals surface area contributed by atoms with Crippen molar-refractivity contribution in [1.82, 2.24) is 10.2 Å². The number of fused-ring (bicyclic) bond motifs is 2. The summed E-state index contributed by atoms with van der Waals surface area (Å²) in [6.07, 6.45) is 20.0. The Morgan fingerprint density at radius 3 is 2.21 bits per heavy atom. The third-order valence-electron chi connectivity index (χ3n) is 18.7. The standard InChI is InChI=1S/C51H62N2O4S/c1-32(36-9-5-4-6-10-36)52-45(56)53(30-48-25-33-21-34(26-48)23-35(22-33)27-48)31-50(57)18-15-43-47(50,3)17-14-42-46(2)16-13-38(54)28-49(46)19-20-51(42,43)39(29-49)44(55)41-24-37-11-7-8-12-40(37)58-41/h4-12,19-20,24,29,32-35,38,42-43,54,57H,13-18,21-23,25-28,30-31H2,1-3H3,(H,52,56). The summed E-state index contributed by atoms with van der Waals surface area (Å²) in [4.78, 5) is 33.0. The van der Waals surface area contributed by atoms with Crippen molar-refractivity contribution in [2.75, 3.05) is 13.1 Å². The number of hydrogen-bond acceptors (Lipinski definition) is 5. The third kappa shape index (κ3) is 5.27. The summed E-state index contributed by atoms with van der Waals surface area (Å²) in [5, 5.41) is 29.2. The molecule has 306 valence electrons. The molecule has 10 aliphatic rings. The fourth-order valence-electron chi connectivity index (χ4n) is 16.3. The third-order valence-corrected chi connectivity index (χ3v) is 19.8. The molecule has 9 atom stereocenters. The Morgan fingerprint density at radius 2 is 1.48 bits per heavy atom. The number of rotatable bonds is 8. The van der Waals surface area contributed by atoms with Crippen molar-refractivity contribution in [2.24, 2.45) is 56.7 Å². The van der Waals surface area contributed by atoms with E-state index in [1.165, 1.54) is 38.5 Å². The predicted molar refractivity (Wildman–Crippen MR) is 230 cm³/mol. The number of nitrogens with one attached hydrogen (secondary N) is 1. The fraction of sp³-hybridized carbons (Fsp3) is 0.608. The van der Waals surface area contributed by atoms with Crippen molar-refractivity contribution < 1.29 is 19.8 Å². The molecule has 3 N–H and O–H groups in total. The molecular formula is C51H62N2O4S. The first-order valence-electron chi connectivity index (χ1n) is 22.8. The number of hydrogen-bond donors (Lipinski definition) is 3. The zero-order valence-corrected chi connectivity index (χ0v) is 35.5. The summed E-state index contributed by atoms with van der Waals surface area (Å²) < 4.78 is 1.12. The topological polar surface area (TPSA) is 89.9 Å². The lowest BCUT2D eigenvalue weighted by atomic mass is 9.32. The highest BCUT2D eigenvalue weighted by Crippen LogP contribution is 2.78. The van der Waals surface area contributed by atoms with E-state index in [9.17, 15) is 15.0 Å². The summed E-state index contributed by atoms with van der Waals surface area (Å²) >= 11 is 1.59. The summed E-state index contributed by atoms with van der Waals surface area (Å²) in [5.74, 6) is 2.70. The SMILES string of the molecule is CC(NC(=O)N(CC12CC3CC(CC(C3)C1)C2)CC1(O)CCC2C34C=CC5(C=C3C(=O)c3cc6ccccc6s3)CC(O)CCC5(C)C4CCC21C)c1ccccc1. The van der Waals surface area contributed by atoms with Crippen LogP contribution in [0, 0.1) is 56.7 Å². The van der Waals surface area contributed by atoms with E-state index in [2.05, 4.69) is 79.5 Å². The fourth-order valence-corrected chi connectivity index (χ4v) is 17.3. The van der Waals surface area contributed by atoms with Crippen LogP contribution in [0.15, 0.2) is 84.5 Å². The van der Waals surface area contributed by atoms with Gasteiger partial charge in [-0.25, -0.2) is 4.79 Å². The number of aliphatic hydroxyl groups is 2. The molecule has 1 heterocycles. The Morgan fingerprint density at radius 1 is 0.828 bits per heavy atom. The van der Waals surface area contributed by atoms with Crippen LogP contribution in [0.25, 0.3) is 10.1 Å². The molecule has 2 spiro atoms. The van der Waals surface area contributed by atoms with Gasteiger partial charge in [0.05, 0.1) is 29.2 Å². The maximum atomic E-state index is 15.3. The number of Topliss-reactive ketones (excluding diaryl/α,β-unsaturated/α-hetero) is 1. The van der Waals surface area contributed by atoms with Crippen LogP contribution >= 0.6 is 11.3 Å². The molecule has 3 aromatic rings. The van der Waals surface area contributed by atoms with Crippen molar-refractivity contribution in [2.45, 2.75) is 122 Å². The van der Waals surface area contributed by atoms with E-state index in [-0.39, 0.29) is 52.0 Å². The molecule has 6 bridgehead atoms. The van der Waals surface area contributed by atoms with Crippen LogP contribution in [0.1, 0.15) is 126 Å². The minimum atomic E-state index is -1.11. The molecule has 7 saturated carbocycles. The monoisotopic (exact) mass is 798 g/mol. The molecule has 0 aliphatic heterocycles. The highest BCUT2D eigenvalue weighted by molar-refractivity contribution is 7.21. The van der Waals surface area contributed by atoms with Gasteiger partial charge in [0.25, 0.3) is 0 Å². The van der Waals surface area contributed by atoms with Gasteiger partial charge in [-0.05, 0) is 154 Å². The molecule has 10 aliphatic carbocycles. The molecule has 2 amide bonds. The highest BCUT2D eigenvalue weighted by Gasteiger charge is 2.75. The van der Waals surface area contributed by atoms with E-state index >= 15 is 4.79 Å². The van der Waals surface area contributed by atoms with Crippen LogP contribution in [-0.4, -0.2) is 51.7 Å². The maximum absolute atomic E-state index is 15.3.